The molecule has 0 saturated carbocycles. The molecule has 2 heteroatoms. The molecule has 2 heterocycles. The molecule has 0 N–H and O–H groups in total. The normalized spacial score (nSPS) is 16.5. The van der Waals surface area contributed by atoms with Gasteiger partial charge in [0.2, 0.25) is 0 Å². The lowest BCUT2D eigenvalue weighted by atomic mass is 9.70. The second-order valence-corrected chi connectivity index (χ2v) is 19.5. The van der Waals surface area contributed by atoms with E-state index in [4.69, 9.17) is 0 Å². The van der Waals surface area contributed by atoms with Crippen LogP contribution in [0.5, 0.6) is 0 Å². The Morgan fingerprint density at radius 3 is 1.68 bits per heavy atom. The topological polar surface area (TPSA) is 9.86 Å². The van der Waals surface area contributed by atoms with Crippen LogP contribution in [0, 0.1) is 0 Å². The van der Waals surface area contributed by atoms with Gasteiger partial charge in [-0.2, -0.15) is 0 Å². The lowest BCUT2D eigenvalue weighted by Crippen LogP contribution is -2.25. The van der Waals surface area contributed by atoms with E-state index in [1.165, 1.54) is 127 Å². The molecule has 0 saturated heterocycles. The van der Waals surface area contributed by atoms with Crippen molar-refractivity contribution in [3.8, 4) is 50.2 Å². The van der Waals surface area contributed by atoms with E-state index < -0.39 is 5.41 Å². The summed E-state index contributed by atoms with van der Waals surface area (Å²) in [5.41, 5.74) is 24.6. The smallest absolute Gasteiger partial charge is 0.0726 e. The predicted molar refractivity (Wildman–Crippen MR) is 275 cm³/mol. The van der Waals surface area contributed by atoms with Gasteiger partial charge in [0, 0.05) is 43.7 Å². The molecule has 66 heavy (non-hydrogen) atoms. The summed E-state index contributed by atoms with van der Waals surface area (Å²) in [6.07, 6.45) is 10.1. The number of aromatic nitrogens is 2. The van der Waals surface area contributed by atoms with Gasteiger partial charge in [0.05, 0.1) is 28.0 Å². The molecule has 1 spiro atoms. The van der Waals surface area contributed by atoms with Gasteiger partial charge in [-0.15, -0.1) is 0 Å². The number of hydrogen-bond acceptors (Lipinski definition) is 0. The van der Waals surface area contributed by atoms with Crippen molar-refractivity contribution in [1.82, 2.24) is 9.13 Å². The first kappa shape index (κ1) is 36.4. The Hall–Kier alpha value is -7.94. The maximum absolute atomic E-state index is 2.67. The molecule has 1 atom stereocenters. The quantitative estimate of drug-likeness (QED) is 0.168. The van der Waals surface area contributed by atoms with Gasteiger partial charge in [0.1, 0.15) is 0 Å². The van der Waals surface area contributed by atoms with Crippen molar-refractivity contribution in [2.45, 2.75) is 37.1 Å². The Morgan fingerprint density at radius 2 is 1.00 bits per heavy atom. The highest BCUT2D eigenvalue weighted by Gasteiger charge is 2.52. The van der Waals surface area contributed by atoms with Gasteiger partial charge in [0.25, 0.3) is 0 Å². The van der Waals surface area contributed by atoms with Crippen molar-refractivity contribution < 1.29 is 0 Å². The van der Waals surface area contributed by atoms with Crippen LogP contribution >= 0.6 is 0 Å². The van der Waals surface area contributed by atoms with Crippen LogP contribution in [-0.2, 0) is 10.8 Å². The van der Waals surface area contributed by atoms with Gasteiger partial charge < -0.3 is 9.13 Å². The van der Waals surface area contributed by atoms with E-state index in [1.807, 2.05) is 0 Å². The number of para-hydroxylation sites is 1. The number of benzene rings is 9. The number of nitrogens with zero attached hydrogens (tertiary/aromatic N) is 2. The molecule has 15 rings (SSSR count). The molecule has 0 bridgehead atoms. The molecule has 4 aliphatic carbocycles. The molecular weight excluding hydrogens is 797 g/mol. The summed E-state index contributed by atoms with van der Waals surface area (Å²) in [4.78, 5) is 0. The fourth-order valence-corrected chi connectivity index (χ4v) is 13.2. The first-order valence-corrected chi connectivity index (χ1v) is 23.5. The second-order valence-electron chi connectivity index (χ2n) is 19.5. The Labute approximate surface area is 384 Å². The fraction of sp³-hybridized carbons (Fsp3) is 0.0938. The lowest BCUT2D eigenvalue weighted by molar-refractivity contribution is 0.648. The third-order valence-corrected chi connectivity index (χ3v) is 16.0. The molecule has 2 nitrogen and oxygen atoms in total. The van der Waals surface area contributed by atoms with E-state index in [0.29, 0.717) is 0 Å². The van der Waals surface area contributed by atoms with Crippen LogP contribution in [0.4, 0.5) is 0 Å². The van der Waals surface area contributed by atoms with Crippen LogP contribution in [0.3, 0.4) is 0 Å². The zero-order chi connectivity index (χ0) is 43.5. The minimum Gasteiger partial charge on any atom is -0.333 e. The van der Waals surface area contributed by atoms with E-state index in [9.17, 15) is 0 Å². The fourth-order valence-electron chi connectivity index (χ4n) is 13.2. The third kappa shape index (κ3) is 4.47. The van der Waals surface area contributed by atoms with E-state index in [2.05, 4.69) is 235 Å². The standard InChI is InChI=1S/C64H44N2/c1-63(2)52-25-13-9-23-45(52)48-37-51-50-36-40(29-33-58(50)65(60(51)38-57(48)63)41-17-5-3-6-18-41)39-30-34-59-49(35-39)46-31-32-56-61(62(46)66(59)42-19-7-4-8-20-42)47-24-12-16-28-55(47)64(56)53-26-14-10-21-43(53)44-22-11-15-27-54(44)64/h3-19,21-38,42H,20H2,1-2H3. The molecule has 2 aromatic heterocycles. The zero-order valence-electron chi connectivity index (χ0n) is 36.9. The van der Waals surface area contributed by atoms with Crippen molar-refractivity contribution in [2.24, 2.45) is 0 Å². The van der Waals surface area contributed by atoms with Crippen LogP contribution in [0.2, 0.25) is 0 Å². The molecule has 4 aliphatic rings. The van der Waals surface area contributed by atoms with Crippen molar-refractivity contribution in [3.05, 3.63) is 246 Å². The largest absolute Gasteiger partial charge is 0.333 e. The van der Waals surface area contributed by atoms with E-state index >= 15 is 0 Å². The number of fused-ring (bicyclic) bond motifs is 20. The molecule has 310 valence electrons. The van der Waals surface area contributed by atoms with Gasteiger partial charge in [-0.05, 0) is 127 Å². The SMILES string of the molecule is CC1(C)c2ccccc2-c2cc3c4cc(-c5ccc6c(c5)c5ccc7c(c5n6C5C=CC=CC5)-c5ccccc5C75c6ccccc6-c6ccccc65)ccc4n(-c4ccccc4)c3cc21. The average molecular weight is 841 g/mol. The molecule has 1 unspecified atom stereocenters. The predicted octanol–water partition coefficient (Wildman–Crippen LogP) is 16.3. The second kappa shape index (κ2) is 12.9. The number of allylic oxidation sites excluding steroid dienone is 4. The van der Waals surface area contributed by atoms with Crippen molar-refractivity contribution in [2.75, 3.05) is 0 Å². The first-order valence-electron chi connectivity index (χ1n) is 23.5. The summed E-state index contributed by atoms with van der Waals surface area (Å²) >= 11 is 0. The van der Waals surface area contributed by atoms with Crippen molar-refractivity contribution in [3.63, 3.8) is 0 Å². The maximum atomic E-state index is 2.67. The summed E-state index contributed by atoms with van der Waals surface area (Å²) < 4.78 is 5.15. The van der Waals surface area contributed by atoms with Gasteiger partial charge in [0.15, 0.2) is 0 Å². The third-order valence-electron chi connectivity index (χ3n) is 16.0. The van der Waals surface area contributed by atoms with Crippen LogP contribution in [-0.4, -0.2) is 9.13 Å². The number of rotatable bonds is 3. The van der Waals surface area contributed by atoms with Gasteiger partial charge in [-0.25, -0.2) is 0 Å². The van der Waals surface area contributed by atoms with Crippen LogP contribution in [0.1, 0.15) is 59.7 Å². The highest BCUT2D eigenvalue weighted by molar-refractivity contribution is 6.17. The Kier molecular flexibility index (Phi) is 7.10. The molecule has 0 aliphatic heterocycles. The zero-order valence-corrected chi connectivity index (χ0v) is 36.9. The van der Waals surface area contributed by atoms with E-state index in [0.717, 1.165) is 6.42 Å². The van der Waals surface area contributed by atoms with E-state index in [1.54, 1.807) is 0 Å². The lowest BCUT2D eigenvalue weighted by Gasteiger charge is -2.30. The summed E-state index contributed by atoms with van der Waals surface area (Å²) in [5, 5.41) is 5.16. The monoisotopic (exact) mass is 840 g/mol. The molecule has 0 fully saturated rings. The van der Waals surface area contributed by atoms with Gasteiger partial charge in [-0.3, -0.25) is 0 Å². The Balaban J connectivity index is 0.987. The van der Waals surface area contributed by atoms with Crippen LogP contribution < -0.4 is 0 Å². The van der Waals surface area contributed by atoms with Gasteiger partial charge >= 0.3 is 0 Å². The van der Waals surface area contributed by atoms with Crippen molar-refractivity contribution >= 4 is 43.6 Å². The molecular formula is C64H44N2. The highest BCUT2D eigenvalue weighted by atomic mass is 15.0. The summed E-state index contributed by atoms with van der Waals surface area (Å²) in [5.74, 6) is 0. The van der Waals surface area contributed by atoms with Crippen LogP contribution in [0.15, 0.2) is 212 Å². The Morgan fingerprint density at radius 1 is 0.424 bits per heavy atom. The molecule has 0 amide bonds. The van der Waals surface area contributed by atoms with Gasteiger partial charge in [-0.1, -0.05) is 178 Å². The molecule has 0 radical (unpaired) electrons. The summed E-state index contributed by atoms with van der Waals surface area (Å²) in [7, 11) is 0. The first-order chi connectivity index (χ1) is 32.5. The highest BCUT2D eigenvalue weighted by Crippen LogP contribution is 2.64. The van der Waals surface area contributed by atoms with Crippen molar-refractivity contribution in [1.29, 1.82) is 0 Å². The summed E-state index contributed by atoms with van der Waals surface area (Å²) in [6.45, 7) is 4.76. The number of hydrogen-bond donors (Lipinski definition) is 0. The maximum Gasteiger partial charge on any atom is 0.0726 e. The van der Waals surface area contributed by atoms with Crippen LogP contribution in [0.25, 0.3) is 93.8 Å². The average Bonchev–Trinajstić information content (AvgIpc) is 4.12. The molecule has 11 aromatic rings. The minimum absolute atomic E-state index is 0.0869. The Bertz CT molecular complexity index is 3950. The molecule has 9 aromatic carbocycles. The van der Waals surface area contributed by atoms with E-state index in [-0.39, 0.29) is 11.5 Å². The minimum atomic E-state index is -0.394. The summed E-state index contributed by atoms with van der Waals surface area (Å²) in [6, 6.07) is 71.9.